The van der Waals surface area contributed by atoms with Gasteiger partial charge in [0.15, 0.2) is 5.96 Å². The molecule has 6 nitrogen and oxygen atoms in total. The van der Waals surface area contributed by atoms with Crippen molar-refractivity contribution in [2.75, 3.05) is 39.0 Å². The maximum absolute atomic E-state index is 11.6. The highest BCUT2D eigenvalue weighted by Gasteiger charge is 2.17. The summed E-state index contributed by atoms with van der Waals surface area (Å²) in [4.78, 5) is 6.47. The first-order valence-corrected chi connectivity index (χ1v) is 8.96. The van der Waals surface area contributed by atoms with Gasteiger partial charge in [-0.1, -0.05) is 6.92 Å². The molecule has 0 aromatic rings. The Bertz CT molecular complexity index is 420. The van der Waals surface area contributed by atoms with E-state index in [0.29, 0.717) is 25.5 Å². The predicted octanol–water partition coefficient (Wildman–Crippen LogP) is 1.32. The smallest absolute Gasteiger partial charge is 0.213 e. The van der Waals surface area contributed by atoms with E-state index in [1.54, 1.807) is 14.0 Å². The van der Waals surface area contributed by atoms with Crippen LogP contribution in [-0.2, 0) is 10.0 Å². The van der Waals surface area contributed by atoms with E-state index < -0.39 is 10.0 Å². The van der Waals surface area contributed by atoms with E-state index in [1.807, 2.05) is 0 Å². The van der Waals surface area contributed by atoms with Gasteiger partial charge >= 0.3 is 0 Å². The molecule has 1 heterocycles. The lowest BCUT2D eigenvalue weighted by molar-refractivity contribution is 0.277. The number of likely N-dealkylation sites (tertiary alicyclic amines) is 1. The molecule has 0 atom stereocenters. The van der Waals surface area contributed by atoms with Gasteiger partial charge < -0.3 is 10.6 Å². The van der Waals surface area contributed by atoms with Crippen LogP contribution in [0.1, 0.15) is 33.1 Å². The minimum atomic E-state index is -3.08. The van der Waals surface area contributed by atoms with E-state index in [1.165, 1.54) is 4.31 Å². The van der Waals surface area contributed by atoms with E-state index in [0.717, 1.165) is 31.8 Å². The van der Waals surface area contributed by atoms with Crippen LogP contribution in [0.3, 0.4) is 0 Å². The van der Waals surface area contributed by atoms with Crippen molar-refractivity contribution in [3.05, 3.63) is 0 Å². The molecule has 126 valence electrons. The van der Waals surface area contributed by atoms with Gasteiger partial charge in [0.2, 0.25) is 10.0 Å². The Kier molecular flexibility index (Phi) is 9.79. The van der Waals surface area contributed by atoms with Gasteiger partial charge in [0.1, 0.15) is 0 Å². The molecule has 0 spiro atoms. The first-order chi connectivity index (χ1) is 9.36. The largest absolute Gasteiger partial charge is 0.370 e. The molecule has 2 N–H and O–H groups in total. The summed E-state index contributed by atoms with van der Waals surface area (Å²) < 4.78 is 24.5. The van der Waals surface area contributed by atoms with Gasteiger partial charge in [-0.2, -0.15) is 0 Å². The van der Waals surface area contributed by atoms with Crippen LogP contribution < -0.4 is 5.73 Å². The second-order valence-electron chi connectivity index (χ2n) is 5.49. The molecule has 0 aliphatic carbocycles. The molecule has 0 unspecified atom stereocenters. The van der Waals surface area contributed by atoms with Gasteiger partial charge in [0, 0.05) is 33.2 Å². The zero-order valence-corrected chi connectivity index (χ0v) is 16.4. The fraction of sp³-hybridized carbons (Fsp3) is 0.923. The van der Waals surface area contributed by atoms with E-state index in [2.05, 4.69) is 16.8 Å². The van der Waals surface area contributed by atoms with Gasteiger partial charge in [0.25, 0.3) is 0 Å². The summed E-state index contributed by atoms with van der Waals surface area (Å²) in [5.41, 5.74) is 5.97. The maximum Gasteiger partial charge on any atom is 0.213 e. The molecule has 21 heavy (non-hydrogen) atoms. The number of hydrogen-bond donors (Lipinski definition) is 1. The molecule has 1 saturated heterocycles. The molecular weight excluding hydrogens is 403 g/mol. The molecule has 8 heteroatoms. The quantitative estimate of drug-likeness (QED) is 0.297. The highest BCUT2D eigenvalue weighted by molar-refractivity contribution is 14.0. The number of aliphatic imine (C=N–C) groups is 1. The van der Waals surface area contributed by atoms with E-state index in [4.69, 9.17) is 5.73 Å². The molecule has 0 amide bonds. The van der Waals surface area contributed by atoms with Crippen LogP contribution >= 0.6 is 24.0 Å². The number of halogens is 1. The Morgan fingerprint density at radius 2 is 1.95 bits per heavy atom. The Morgan fingerprint density at radius 1 is 1.38 bits per heavy atom. The van der Waals surface area contributed by atoms with Crippen molar-refractivity contribution in [2.24, 2.45) is 16.6 Å². The van der Waals surface area contributed by atoms with Crippen LogP contribution in [0.5, 0.6) is 0 Å². The molecule has 1 fully saturated rings. The molecule has 1 aliphatic heterocycles. The topological polar surface area (TPSA) is 79.0 Å². The number of nitrogens with two attached hydrogens (primary N) is 1. The van der Waals surface area contributed by atoms with Gasteiger partial charge in [-0.25, -0.2) is 12.7 Å². The summed E-state index contributed by atoms with van der Waals surface area (Å²) in [6, 6.07) is 0. The van der Waals surface area contributed by atoms with Crippen molar-refractivity contribution < 1.29 is 8.42 Å². The van der Waals surface area contributed by atoms with Crippen molar-refractivity contribution >= 4 is 40.0 Å². The number of sulfonamides is 1. The number of piperidine rings is 1. The van der Waals surface area contributed by atoms with Gasteiger partial charge in [-0.3, -0.25) is 4.99 Å². The van der Waals surface area contributed by atoms with Crippen LogP contribution in [0.4, 0.5) is 0 Å². The van der Waals surface area contributed by atoms with Crippen molar-refractivity contribution in [2.45, 2.75) is 33.1 Å². The number of nitrogens with zero attached hydrogens (tertiary/aromatic N) is 3. The second kappa shape index (κ2) is 9.83. The molecule has 1 rings (SSSR count). The lowest BCUT2D eigenvalue weighted by atomic mass is 10.00. The monoisotopic (exact) mass is 432 g/mol. The summed E-state index contributed by atoms with van der Waals surface area (Å²) in [5, 5.41) is 0. The van der Waals surface area contributed by atoms with Crippen molar-refractivity contribution in [1.82, 2.24) is 9.21 Å². The van der Waals surface area contributed by atoms with Crippen LogP contribution in [0.25, 0.3) is 0 Å². The Labute approximate surface area is 146 Å². The third kappa shape index (κ3) is 7.14. The highest BCUT2D eigenvalue weighted by atomic mass is 127. The average molecular weight is 432 g/mol. The van der Waals surface area contributed by atoms with E-state index >= 15 is 0 Å². The van der Waals surface area contributed by atoms with Gasteiger partial charge in [0.05, 0.1) is 5.75 Å². The third-order valence-corrected chi connectivity index (χ3v) is 5.71. The highest BCUT2D eigenvalue weighted by Crippen LogP contribution is 2.15. The first-order valence-electron chi connectivity index (χ1n) is 7.35. The molecule has 0 aromatic heterocycles. The minimum absolute atomic E-state index is 0. The SMILES string of the molecule is CCS(=O)(=O)N(C)CCCN=C(N)N1CCC(C)CC1.I. The maximum atomic E-state index is 11.6. The minimum Gasteiger partial charge on any atom is -0.370 e. The zero-order valence-electron chi connectivity index (χ0n) is 13.3. The van der Waals surface area contributed by atoms with Crippen LogP contribution in [0.2, 0.25) is 0 Å². The van der Waals surface area contributed by atoms with E-state index in [-0.39, 0.29) is 29.7 Å². The van der Waals surface area contributed by atoms with Crippen molar-refractivity contribution in [1.29, 1.82) is 0 Å². The zero-order chi connectivity index (χ0) is 15.2. The van der Waals surface area contributed by atoms with Crippen molar-refractivity contribution in [3.8, 4) is 0 Å². The van der Waals surface area contributed by atoms with Crippen LogP contribution in [-0.4, -0.2) is 62.6 Å². The summed E-state index contributed by atoms with van der Waals surface area (Å²) in [6.45, 7) is 6.92. The Morgan fingerprint density at radius 3 is 2.48 bits per heavy atom. The van der Waals surface area contributed by atoms with Crippen LogP contribution in [0, 0.1) is 5.92 Å². The molecule has 0 saturated carbocycles. The molecular formula is C13H29IN4O2S. The summed E-state index contributed by atoms with van der Waals surface area (Å²) >= 11 is 0. The number of hydrogen-bond acceptors (Lipinski definition) is 3. The van der Waals surface area contributed by atoms with Crippen molar-refractivity contribution in [3.63, 3.8) is 0 Å². The lowest BCUT2D eigenvalue weighted by Gasteiger charge is -2.31. The fourth-order valence-electron chi connectivity index (χ4n) is 2.18. The number of rotatable bonds is 6. The average Bonchev–Trinajstić information content (AvgIpc) is 2.43. The third-order valence-electron chi connectivity index (χ3n) is 3.85. The summed E-state index contributed by atoms with van der Waals surface area (Å²) in [5.74, 6) is 1.51. The fourth-order valence-corrected chi connectivity index (χ4v) is 3.03. The predicted molar refractivity (Wildman–Crippen MR) is 98.6 cm³/mol. The Hall–Kier alpha value is -0.0900. The van der Waals surface area contributed by atoms with Crippen LogP contribution in [0.15, 0.2) is 4.99 Å². The molecule has 0 bridgehead atoms. The molecule has 1 aliphatic rings. The number of guanidine groups is 1. The summed E-state index contributed by atoms with van der Waals surface area (Å²) in [6.07, 6.45) is 3.02. The Balaban J connectivity index is 0.00000400. The van der Waals surface area contributed by atoms with E-state index in [9.17, 15) is 8.42 Å². The normalized spacial score (nSPS) is 17.9. The second-order valence-corrected chi connectivity index (χ2v) is 7.85. The van der Waals surface area contributed by atoms with Gasteiger partial charge in [-0.05, 0) is 32.1 Å². The summed E-state index contributed by atoms with van der Waals surface area (Å²) in [7, 11) is -1.47. The standard InChI is InChI=1S/C13H28N4O2S.HI/c1-4-20(18,19)16(3)9-5-8-15-13(14)17-10-6-12(2)7-11-17;/h12H,4-11H2,1-3H3,(H2,14,15);1H. The first kappa shape index (κ1) is 20.9. The van der Waals surface area contributed by atoms with Gasteiger partial charge in [-0.15, -0.1) is 24.0 Å². The lowest BCUT2D eigenvalue weighted by Crippen LogP contribution is -2.42. The molecule has 0 aromatic carbocycles. The molecule has 0 radical (unpaired) electrons.